The topological polar surface area (TPSA) is 64.3 Å². The SMILES string of the molecule is NC1CC1NC(=O)C1Cc2ccccc2O1. The van der Waals surface area contributed by atoms with Gasteiger partial charge in [-0.1, -0.05) is 18.2 Å². The summed E-state index contributed by atoms with van der Waals surface area (Å²) < 4.78 is 5.58. The van der Waals surface area contributed by atoms with Gasteiger partial charge in [0.25, 0.3) is 5.91 Å². The molecule has 3 atom stereocenters. The van der Waals surface area contributed by atoms with Crippen molar-refractivity contribution >= 4 is 5.91 Å². The molecule has 3 rings (SSSR count). The van der Waals surface area contributed by atoms with E-state index in [-0.39, 0.29) is 24.1 Å². The molecule has 4 nitrogen and oxygen atoms in total. The first kappa shape index (κ1) is 9.66. The number of carbonyl (C=O) groups excluding carboxylic acids is 1. The van der Waals surface area contributed by atoms with Crippen molar-refractivity contribution in [2.24, 2.45) is 5.73 Å². The Morgan fingerprint density at radius 1 is 1.44 bits per heavy atom. The van der Waals surface area contributed by atoms with Crippen molar-refractivity contribution in [2.45, 2.75) is 31.0 Å². The molecule has 4 heteroatoms. The van der Waals surface area contributed by atoms with Crippen LogP contribution >= 0.6 is 0 Å². The highest BCUT2D eigenvalue weighted by molar-refractivity contribution is 5.83. The zero-order chi connectivity index (χ0) is 11.1. The predicted molar refractivity (Wildman–Crippen MR) is 59.1 cm³/mol. The largest absolute Gasteiger partial charge is 0.480 e. The maximum atomic E-state index is 11.8. The second-order valence-electron chi connectivity index (χ2n) is 4.43. The number of ether oxygens (including phenoxy) is 1. The maximum Gasteiger partial charge on any atom is 0.261 e. The van der Waals surface area contributed by atoms with Gasteiger partial charge in [0.2, 0.25) is 0 Å². The lowest BCUT2D eigenvalue weighted by molar-refractivity contribution is -0.127. The average Bonchev–Trinajstić information content (AvgIpc) is 2.82. The Kier molecular flexibility index (Phi) is 2.11. The number of hydrogen-bond acceptors (Lipinski definition) is 3. The molecule has 1 fully saturated rings. The number of fused-ring (bicyclic) bond motifs is 1. The van der Waals surface area contributed by atoms with Gasteiger partial charge in [-0.05, 0) is 18.1 Å². The van der Waals surface area contributed by atoms with Crippen LogP contribution in [0.2, 0.25) is 0 Å². The summed E-state index contributed by atoms with van der Waals surface area (Å²) in [5.74, 6) is 0.775. The summed E-state index contributed by atoms with van der Waals surface area (Å²) >= 11 is 0. The third kappa shape index (κ3) is 1.65. The Hall–Kier alpha value is -1.55. The Labute approximate surface area is 93.8 Å². The number of rotatable bonds is 2. The van der Waals surface area contributed by atoms with Crippen molar-refractivity contribution in [3.05, 3.63) is 29.8 Å². The van der Waals surface area contributed by atoms with Crippen LogP contribution in [0.5, 0.6) is 5.75 Å². The molecule has 1 heterocycles. The van der Waals surface area contributed by atoms with Crippen LogP contribution in [0.25, 0.3) is 0 Å². The monoisotopic (exact) mass is 218 g/mol. The summed E-state index contributed by atoms with van der Waals surface area (Å²) in [5.41, 5.74) is 6.74. The quantitative estimate of drug-likeness (QED) is 0.745. The second-order valence-corrected chi connectivity index (χ2v) is 4.43. The summed E-state index contributed by atoms with van der Waals surface area (Å²) in [7, 11) is 0. The van der Waals surface area contributed by atoms with E-state index < -0.39 is 0 Å². The van der Waals surface area contributed by atoms with Crippen molar-refractivity contribution in [1.29, 1.82) is 0 Å². The fourth-order valence-electron chi connectivity index (χ4n) is 1.98. The molecule has 0 radical (unpaired) electrons. The third-order valence-electron chi connectivity index (χ3n) is 3.11. The van der Waals surface area contributed by atoms with E-state index in [0.29, 0.717) is 6.42 Å². The standard InChI is InChI=1S/C12H14N2O2/c13-8-6-9(8)14-12(15)11-5-7-3-1-2-4-10(7)16-11/h1-4,8-9,11H,5-6,13H2,(H,14,15). The van der Waals surface area contributed by atoms with Crippen LogP contribution in [-0.2, 0) is 11.2 Å². The molecular weight excluding hydrogens is 204 g/mol. The van der Waals surface area contributed by atoms with Gasteiger partial charge < -0.3 is 15.8 Å². The first-order valence-electron chi connectivity index (χ1n) is 5.54. The number of para-hydroxylation sites is 1. The summed E-state index contributed by atoms with van der Waals surface area (Å²) in [4.78, 5) is 11.8. The number of nitrogens with one attached hydrogen (secondary N) is 1. The van der Waals surface area contributed by atoms with E-state index in [4.69, 9.17) is 10.5 Å². The number of carbonyl (C=O) groups is 1. The van der Waals surface area contributed by atoms with Crippen molar-refractivity contribution in [1.82, 2.24) is 5.32 Å². The number of nitrogens with two attached hydrogens (primary N) is 1. The molecule has 0 bridgehead atoms. The maximum absolute atomic E-state index is 11.8. The fourth-order valence-corrected chi connectivity index (χ4v) is 1.98. The van der Waals surface area contributed by atoms with Gasteiger partial charge in [-0.15, -0.1) is 0 Å². The van der Waals surface area contributed by atoms with Gasteiger partial charge in [0.05, 0.1) is 0 Å². The van der Waals surface area contributed by atoms with E-state index in [9.17, 15) is 4.79 Å². The highest BCUT2D eigenvalue weighted by Crippen LogP contribution is 2.28. The van der Waals surface area contributed by atoms with Crippen LogP contribution in [0.4, 0.5) is 0 Å². The number of amides is 1. The molecule has 1 amide bonds. The van der Waals surface area contributed by atoms with Crippen LogP contribution in [0.1, 0.15) is 12.0 Å². The van der Waals surface area contributed by atoms with Gasteiger partial charge in [-0.3, -0.25) is 4.79 Å². The Balaban J connectivity index is 1.64. The van der Waals surface area contributed by atoms with Crippen LogP contribution < -0.4 is 15.8 Å². The van der Waals surface area contributed by atoms with E-state index in [1.54, 1.807) is 0 Å². The molecule has 3 N–H and O–H groups in total. The minimum Gasteiger partial charge on any atom is -0.480 e. The van der Waals surface area contributed by atoms with Crippen molar-refractivity contribution in [3.63, 3.8) is 0 Å². The van der Waals surface area contributed by atoms with E-state index in [1.807, 2.05) is 24.3 Å². The highest BCUT2D eigenvalue weighted by Gasteiger charge is 2.38. The van der Waals surface area contributed by atoms with Crippen LogP contribution in [0.15, 0.2) is 24.3 Å². The second kappa shape index (κ2) is 3.49. The molecule has 1 aromatic carbocycles. The average molecular weight is 218 g/mol. The Morgan fingerprint density at radius 2 is 2.19 bits per heavy atom. The lowest BCUT2D eigenvalue weighted by Crippen LogP contribution is -2.40. The van der Waals surface area contributed by atoms with E-state index in [1.165, 1.54) is 0 Å². The van der Waals surface area contributed by atoms with E-state index in [2.05, 4.69) is 5.32 Å². The molecule has 0 aromatic heterocycles. The Bertz CT molecular complexity index is 408. The van der Waals surface area contributed by atoms with E-state index >= 15 is 0 Å². The molecule has 84 valence electrons. The number of benzene rings is 1. The normalized spacial score (nSPS) is 30.4. The van der Waals surface area contributed by atoms with Gasteiger partial charge in [-0.2, -0.15) is 0 Å². The minimum absolute atomic E-state index is 0.0471. The van der Waals surface area contributed by atoms with E-state index in [0.717, 1.165) is 17.7 Å². The van der Waals surface area contributed by atoms with Gasteiger partial charge in [0.1, 0.15) is 5.75 Å². The molecule has 0 spiro atoms. The van der Waals surface area contributed by atoms with Crippen molar-refractivity contribution < 1.29 is 9.53 Å². The van der Waals surface area contributed by atoms with Gasteiger partial charge in [0.15, 0.2) is 6.10 Å². The van der Waals surface area contributed by atoms with Gasteiger partial charge in [0, 0.05) is 18.5 Å². The molecule has 1 saturated carbocycles. The summed E-state index contributed by atoms with van der Waals surface area (Å²) in [5, 5.41) is 2.89. The summed E-state index contributed by atoms with van der Waals surface area (Å²) in [6.07, 6.45) is 1.15. The van der Waals surface area contributed by atoms with Crippen molar-refractivity contribution in [3.8, 4) is 5.75 Å². The summed E-state index contributed by atoms with van der Waals surface area (Å²) in [6.45, 7) is 0. The zero-order valence-corrected chi connectivity index (χ0v) is 8.85. The highest BCUT2D eigenvalue weighted by atomic mass is 16.5. The molecule has 2 aliphatic rings. The first-order chi connectivity index (χ1) is 7.74. The number of hydrogen-bond donors (Lipinski definition) is 2. The molecular formula is C12H14N2O2. The molecule has 0 saturated heterocycles. The minimum atomic E-state index is -0.384. The smallest absolute Gasteiger partial charge is 0.261 e. The Morgan fingerprint density at radius 3 is 2.88 bits per heavy atom. The van der Waals surface area contributed by atoms with Gasteiger partial charge in [-0.25, -0.2) is 0 Å². The molecule has 3 unspecified atom stereocenters. The van der Waals surface area contributed by atoms with Crippen LogP contribution in [0, 0.1) is 0 Å². The van der Waals surface area contributed by atoms with Gasteiger partial charge >= 0.3 is 0 Å². The third-order valence-corrected chi connectivity index (χ3v) is 3.11. The zero-order valence-electron chi connectivity index (χ0n) is 8.85. The summed E-state index contributed by atoms with van der Waals surface area (Å²) in [6, 6.07) is 8.04. The molecule has 1 aromatic rings. The van der Waals surface area contributed by atoms with Crippen LogP contribution in [-0.4, -0.2) is 24.1 Å². The predicted octanol–water partition coefficient (Wildman–Crippen LogP) is 0.206. The molecule has 16 heavy (non-hydrogen) atoms. The lowest BCUT2D eigenvalue weighted by atomic mass is 10.1. The molecule has 1 aliphatic carbocycles. The lowest BCUT2D eigenvalue weighted by Gasteiger charge is -2.10. The van der Waals surface area contributed by atoms with Crippen LogP contribution in [0.3, 0.4) is 0 Å². The fraction of sp³-hybridized carbons (Fsp3) is 0.417. The van der Waals surface area contributed by atoms with Crippen molar-refractivity contribution in [2.75, 3.05) is 0 Å². The first-order valence-corrected chi connectivity index (χ1v) is 5.54. The molecule has 1 aliphatic heterocycles.